The second kappa shape index (κ2) is 9.46. The molecule has 3 aromatic rings. The minimum atomic E-state index is -0.708. The topological polar surface area (TPSA) is 125 Å². The number of amides is 2. The van der Waals surface area contributed by atoms with Crippen molar-refractivity contribution in [2.45, 2.75) is 51.6 Å². The molecule has 0 bridgehead atoms. The third-order valence-corrected chi connectivity index (χ3v) is 9.32. The van der Waals surface area contributed by atoms with Crippen molar-refractivity contribution in [3.05, 3.63) is 65.1 Å². The second-order valence-corrected chi connectivity index (χ2v) is 11.5. The molecule has 1 fully saturated rings. The van der Waals surface area contributed by atoms with Gasteiger partial charge in [-0.15, -0.1) is 11.3 Å². The Morgan fingerprint density at radius 3 is 2.64 bits per heavy atom. The van der Waals surface area contributed by atoms with Gasteiger partial charge >= 0.3 is 0 Å². The summed E-state index contributed by atoms with van der Waals surface area (Å²) in [6.45, 7) is 3.95. The van der Waals surface area contributed by atoms with Gasteiger partial charge in [0.05, 0.1) is 24.7 Å². The van der Waals surface area contributed by atoms with E-state index < -0.39 is 11.5 Å². The fourth-order valence-electron chi connectivity index (χ4n) is 6.18. The lowest BCUT2D eigenvalue weighted by Crippen LogP contribution is -2.57. The van der Waals surface area contributed by atoms with Crippen molar-refractivity contribution in [3.63, 3.8) is 0 Å². The molecule has 0 radical (unpaired) electrons. The highest BCUT2D eigenvalue weighted by atomic mass is 32.1. The quantitative estimate of drug-likeness (QED) is 0.390. The number of para-hydroxylation sites is 1. The zero-order chi connectivity index (χ0) is 25.5. The minimum absolute atomic E-state index is 0.0603. The zero-order valence-corrected chi connectivity index (χ0v) is 21.2. The number of nitrogens with zero attached hydrogens (tertiary/aromatic N) is 1. The largest absolute Gasteiger partial charge is 0.459 e. The van der Waals surface area contributed by atoms with Gasteiger partial charge in [-0.1, -0.05) is 32.0 Å². The van der Waals surface area contributed by atoms with Gasteiger partial charge in [0.15, 0.2) is 10.9 Å². The van der Waals surface area contributed by atoms with E-state index in [1.807, 2.05) is 37.3 Å². The van der Waals surface area contributed by atoms with E-state index in [1.54, 1.807) is 12.1 Å². The average molecular weight is 510 g/mol. The van der Waals surface area contributed by atoms with Gasteiger partial charge in [0.25, 0.3) is 5.91 Å². The Balaban J connectivity index is 1.50. The van der Waals surface area contributed by atoms with Crippen LogP contribution >= 0.6 is 11.3 Å². The fraction of sp³-hybridized carbons (Fsp3) is 0.444. The first-order chi connectivity index (χ1) is 17.2. The van der Waals surface area contributed by atoms with E-state index in [0.717, 1.165) is 16.3 Å². The zero-order valence-electron chi connectivity index (χ0n) is 20.4. The highest BCUT2D eigenvalue weighted by Gasteiger charge is 2.59. The number of carbonyl (C=O) groups is 2. The average Bonchev–Trinajstić information content (AvgIpc) is 3.54. The summed E-state index contributed by atoms with van der Waals surface area (Å²) in [5.74, 6) is -0.610. The van der Waals surface area contributed by atoms with Crippen molar-refractivity contribution in [2.24, 2.45) is 16.7 Å². The molecule has 2 aliphatic carbocycles. The maximum absolute atomic E-state index is 13.2. The van der Waals surface area contributed by atoms with E-state index in [9.17, 15) is 19.8 Å². The summed E-state index contributed by atoms with van der Waals surface area (Å²) in [5.41, 5.74) is 0.465. The molecule has 1 aromatic carbocycles. The monoisotopic (exact) mass is 509 g/mol. The molecule has 0 unspecified atom stereocenters. The lowest BCUT2D eigenvalue weighted by Gasteiger charge is -2.58. The number of fused-ring (bicyclic) bond motifs is 2. The lowest BCUT2D eigenvalue weighted by atomic mass is 9.47. The van der Waals surface area contributed by atoms with Crippen LogP contribution < -0.4 is 10.6 Å². The Bertz CT molecular complexity index is 1240. The van der Waals surface area contributed by atoms with E-state index in [1.165, 1.54) is 17.6 Å². The Labute approximate surface area is 213 Å². The van der Waals surface area contributed by atoms with Crippen molar-refractivity contribution in [1.29, 1.82) is 0 Å². The molecule has 0 spiro atoms. The Morgan fingerprint density at radius 1 is 1.17 bits per heavy atom. The van der Waals surface area contributed by atoms with Crippen LogP contribution in [0.25, 0.3) is 0 Å². The van der Waals surface area contributed by atoms with Crippen molar-refractivity contribution in [2.75, 3.05) is 17.2 Å². The molecule has 0 aliphatic heterocycles. The van der Waals surface area contributed by atoms with Crippen LogP contribution in [-0.4, -0.2) is 39.7 Å². The maximum atomic E-state index is 13.2. The number of aliphatic hydroxyl groups is 2. The van der Waals surface area contributed by atoms with Gasteiger partial charge in [0.1, 0.15) is 0 Å². The fourth-order valence-corrected chi connectivity index (χ4v) is 7.25. The number of aliphatic hydroxyl groups excluding tert-OH is 2. The Hall–Kier alpha value is -3.01. The molecule has 9 heteroatoms. The number of hydrogen-bond donors (Lipinski definition) is 4. The van der Waals surface area contributed by atoms with Gasteiger partial charge in [0.2, 0.25) is 5.91 Å². The smallest absolute Gasteiger partial charge is 0.293 e. The predicted octanol–water partition coefficient (Wildman–Crippen LogP) is 4.43. The summed E-state index contributed by atoms with van der Waals surface area (Å²) >= 11 is 1.38. The van der Waals surface area contributed by atoms with Gasteiger partial charge in [-0.05, 0) is 54.9 Å². The van der Waals surface area contributed by atoms with Crippen LogP contribution in [0.15, 0.2) is 53.1 Å². The molecular formula is C27H31N3O5S. The molecular weight excluding hydrogens is 478 g/mol. The summed E-state index contributed by atoms with van der Waals surface area (Å²) in [4.78, 5) is 31.6. The molecule has 36 heavy (non-hydrogen) atoms. The molecule has 190 valence electrons. The Morgan fingerprint density at radius 2 is 1.94 bits per heavy atom. The molecule has 5 atom stereocenters. The molecule has 2 aromatic heterocycles. The van der Waals surface area contributed by atoms with Crippen LogP contribution in [0.1, 0.15) is 60.2 Å². The van der Waals surface area contributed by atoms with Crippen LogP contribution in [0.5, 0.6) is 0 Å². The van der Waals surface area contributed by atoms with Crippen molar-refractivity contribution in [3.8, 4) is 0 Å². The van der Waals surface area contributed by atoms with Gasteiger partial charge in [-0.2, -0.15) is 0 Å². The highest BCUT2D eigenvalue weighted by Crippen LogP contribution is 2.62. The number of anilines is 2. The number of hydrogen-bond acceptors (Lipinski definition) is 7. The van der Waals surface area contributed by atoms with Crippen molar-refractivity contribution in [1.82, 2.24) is 4.98 Å². The highest BCUT2D eigenvalue weighted by molar-refractivity contribution is 7.15. The summed E-state index contributed by atoms with van der Waals surface area (Å²) in [6.07, 6.45) is 2.89. The summed E-state index contributed by atoms with van der Waals surface area (Å²) < 4.78 is 5.20. The van der Waals surface area contributed by atoms with Crippen LogP contribution in [0.4, 0.5) is 10.8 Å². The number of carbonyl (C=O) groups excluding carboxylic acids is 2. The van der Waals surface area contributed by atoms with E-state index in [-0.39, 0.29) is 47.9 Å². The molecule has 5 rings (SSSR count). The van der Waals surface area contributed by atoms with Crippen molar-refractivity contribution < 1.29 is 24.2 Å². The first kappa shape index (κ1) is 24.7. The lowest BCUT2D eigenvalue weighted by molar-refractivity contribution is -0.143. The van der Waals surface area contributed by atoms with Gasteiger partial charge in [0, 0.05) is 28.3 Å². The van der Waals surface area contributed by atoms with Crippen LogP contribution in [-0.2, 0) is 11.2 Å². The van der Waals surface area contributed by atoms with Gasteiger partial charge in [-0.3, -0.25) is 14.9 Å². The van der Waals surface area contributed by atoms with Crippen LogP contribution in [0.3, 0.4) is 0 Å². The number of thiazole rings is 1. The third-order valence-electron chi connectivity index (χ3n) is 8.31. The Kier molecular flexibility index (Phi) is 6.48. The number of benzene rings is 1. The molecule has 2 aliphatic rings. The van der Waals surface area contributed by atoms with Crippen molar-refractivity contribution >= 4 is 34.0 Å². The molecule has 0 saturated heterocycles. The number of furan rings is 1. The third kappa shape index (κ3) is 4.25. The second-order valence-electron chi connectivity index (χ2n) is 10.4. The maximum Gasteiger partial charge on any atom is 0.293 e. The van der Waals surface area contributed by atoms with E-state index in [0.29, 0.717) is 24.4 Å². The first-order valence-electron chi connectivity index (χ1n) is 12.2. The summed E-state index contributed by atoms with van der Waals surface area (Å²) in [6, 6.07) is 12.6. The summed E-state index contributed by atoms with van der Waals surface area (Å²) in [5, 5.41) is 27.6. The van der Waals surface area contributed by atoms with Gasteiger partial charge < -0.3 is 19.9 Å². The SMILES string of the molecule is C[C@]1(CO)[C@H]2Cc3sc(NC(=O)c4ccco4)nc3[C@@H](CC(=O)Nc3ccccc3)[C@]2(C)CC[C@H]1O. The molecule has 2 heterocycles. The van der Waals surface area contributed by atoms with Crippen LogP contribution in [0.2, 0.25) is 0 Å². The van der Waals surface area contributed by atoms with E-state index in [4.69, 9.17) is 9.40 Å². The van der Waals surface area contributed by atoms with Crippen LogP contribution in [0, 0.1) is 16.7 Å². The number of rotatable bonds is 6. The summed E-state index contributed by atoms with van der Waals surface area (Å²) in [7, 11) is 0. The number of nitrogens with one attached hydrogen (secondary N) is 2. The predicted molar refractivity (Wildman–Crippen MR) is 137 cm³/mol. The standard InChI is InChI=1S/C27H31N3O5S/c1-26-11-10-21(32)27(2,15-31)20(26)14-19-23(17(26)13-22(33)28-16-7-4-3-5-8-16)29-25(36-19)30-24(34)18-9-6-12-35-18/h3-9,12,17,20-21,31-32H,10-11,13-15H2,1-2H3,(H,28,33)(H,29,30,34)/t17-,20+,21-,26+,27+/m1/s1. The molecule has 1 saturated carbocycles. The molecule has 4 N–H and O–H groups in total. The van der Waals surface area contributed by atoms with E-state index in [2.05, 4.69) is 17.6 Å². The molecule has 8 nitrogen and oxygen atoms in total. The molecule has 2 amide bonds. The minimum Gasteiger partial charge on any atom is -0.459 e. The number of aromatic nitrogens is 1. The van der Waals surface area contributed by atoms with E-state index >= 15 is 0 Å². The normalized spacial score (nSPS) is 29.2. The van der Waals surface area contributed by atoms with Gasteiger partial charge in [-0.25, -0.2) is 4.98 Å². The first-order valence-corrected chi connectivity index (χ1v) is 13.0.